The Bertz CT molecular complexity index is 538. The summed E-state index contributed by atoms with van der Waals surface area (Å²) in [6.45, 7) is 0. The van der Waals surface area contributed by atoms with Crippen molar-refractivity contribution in [1.29, 1.82) is 0 Å². The van der Waals surface area contributed by atoms with Gasteiger partial charge in [0.15, 0.2) is 0 Å². The highest BCUT2D eigenvalue weighted by Crippen LogP contribution is 2.30. The van der Waals surface area contributed by atoms with Crippen molar-refractivity contribution >= 4 is 23.1 Å². The minimum atomic E-state index is -4.33. The number of nitrogens with one attached hydrogen (secondary N) is 1. The van der Waals surface area contributed by atoms with Crippen LogP contribution < -0.4 is 5.32 Å². The molecule has 0 saturated carbocycles. The van der Waals surface area contributed by atoms with Gasteiger partial charge in [0.25, 0.3) is 0 Å². The summed E-state index contributed by atoms with van der Waals surface area (Å²) >= 11 is 5.87. The summed E-state index contributed by atoms with van der Waals surface area (Å²) in [4.78, 5) is 3.98. The molecule has 0 bridgehead atoms. The quantitative estimate of drug-likeness (QED) is 0.871. The number of halogens is 4. The van der Waals surface area contributed by atoms with Gasteiger partial charge in [0.1, 0.15) is 5.82 Å². The molecular formula is C12H8ClF3N2. The van der Waals surface area contributed by atoms with Crippen LogP contribution in [0, 0.1) is 0 Å². The second-order valence-corrected chi connectivity index (χ2v) is 3.94. The standard InChI is InChI=1S/C12H8ClF3N2/c13-10-2-1-7-17-11(10)18-9-5-3-8(4-6-9)12(14,15)16/h1-7H,(H,17,18). The van der Waals surface area contributed by atoms with E-state index in [-0.39, 0.29) is 0 Å². The number of hydrogen-bond acceptors (Lipinski definition) is 2. The normalized spacial score (nSPS) is 11.3. The molecule has 0 radical (unpaired) electrons. The molecule has 1 aromatic heterocycles. The average Bonchev–Trinajstić information content (AvgIpc) is 2.32. The molecule has 2 nitrogen and oxygen atoms in total. The fourth-order valence-corrected chi connectivity index (χ4v) is 1.53. The van der Waals surface area contributed by atoms with Gasteiger partial charge in [-0.05, 0) is 36.4 Å². The first-order chi connectivity index (χ1) is 8.47. The van der Waals surface area contributed by atoms with Crippen molar-refractivity contribution < 1.29 is 13.2 Å². The van der Waals surface area contributed by atoms with Gasteiger partial charge in [-0.15, -0.1) is 0 Å². The molecule has 6 heteroatoms. The number of rotatable bonds is 2. The van der Waals surface area contributed by atoms with E-state index in [1.165, 1.54) is 18.3 Å². The molecule has 0 aliphatic heterocycles. The molecule has 0 spiro atoms. The maximum Gasteiger partial charge on any atom is 0.416 e. The summed E-state index contributed by atoms with van der Waals surface area (Å²) in [5.41, 5.74) is -0.205. The van der Waals surface area contributed by atoms with Gasteiger partial charge in [-0.2, -0.15) is 13.2 Å². The van der Waals surface area contributed by atoms with Crippen LogP contribution >= 0.6 is 11.6 Å². The van der Waals surface area contributed by atoms with Gasteiger partial charge in [-0.3, -0.25) is 0 Å². The van der Waals surface area contributed by atoms with E-state index in [4.69, 9.17) is 11.6 Å². The van der Waals surface area contributed by atoms with Crippen molar-refractivity contribution in [3.05, 3.63) is 53.2 Å². The Morgan fingerprint density at radius 2 is 1.72 bits per heavy atom. The van der Waals surface area contributed by atoms with Crippen LogP contribution in [0.25, 0.3) is 0 Å². The van der Waals surface area contributed by atoms with Crippen LogP contribution in [0.15, 0.2) is 42.6 Å². The Morgan fingerprint density at radius 1 is 1.06 bits per heavy atom. The summed E-state index contributed by atoms with van der Waals surface area (Å²) in [6.07, 6.45) is -2.79. The highest BCUT2D eigenvalue weighted by Gasteiger charge is 2.29. The fourth-order valence-electron chi connectivity index (χ4n) is 1.36. The lowest BCUT2D eigenvalue weighted by Crippen LogP contribution is -2.04. The largest absolute Gasteiger partial charge is 0.416 e. The van der Waals surface area contributed by atoms with Crippen LogP contribution in [0.3, 0.4) is 0 Å². The summed E-state index contributed by atoms with van der Waals surface area (Å²) in [6, 6.07) is 7.96. The van der Waals surface area contributed by atoms with E-state index in [0.29, 0.717) is 16.5 Å². The lowest BCUT2D eigenvalue weighted by atomic mass is 10.2. The van der Waals surface area contributed by atoms with Crippen molar-refractivity contribution in [1.82, 2.24) is 4.98 Å². The van der Waals surface area contributed by atoms with Gasteiger partial charge in [-0.1, -0.05) is 11.6 Å². The molecule has 0 amide bonds. The molecule has 18 heavy (non-hydrogen) atoms. The fraction of sp³-hybridized carbons (Fsp3) is 0.0833. The molecule has 0 aliphatic carbocycles. The maximum atomic E-state index is 12.4. The van der Waals surface area contributed by atoms with Crippen molar-refractivity contribution in [3.63, 3.8) is 0 Å². The maximum absolute atomic E-state index is 12.4. The first-order valence-corrected chi connectivity index (χ1v) is 5.39. The Labute approximate surface area is 106 Å². The summed E-state index contributed by atoms with van der Waals surface area (Å²) < 4.78 is 37.1. The summed E-state index contributed by atoms with van der Waals surface area (Å²) in [5, 5.41) is 3.24. The Balaban J connectivity index is 2.19. The monoisotopic (exact) mass is 272 g/mol. The van der Waals surface area contributed by atoms with Gasteiger partial charge >= 0.3 is 6.18 Å². The number of alkyl halides is 3. The van der Waals surface area contributed by atoms with E-state index in [1.54, 1.807) is 12.1 Å². The Hall–Kier alpha value is -1.75. The number of pyridine rings is 1. The zero-order chi connectivity index (χ0) is 13.2. The molecule has 0 aliphatic rings. The predicted molar refractivity (Wildman–Crippen MR) is 64.0 cm³/mol. The third-order valence-electron chi connectivity index (χ3n) is 2.23. The highest BCUT2D eigenvalue weighted by atomic mass is 35.5. The Kier molecular flexibility index (Phi) is 3.43. The molecule has 94 valence electrons. The van der Waals surface area contributed by atoms with E-state index in [1.807, 2.05) is 0 Å². The first-order valence-electron chi connectivity index (χ1n) is 5.01. The van der Waals surface area contributed by atoms with Gasteiger partial charge in [0.2, 0.25) is 0 Å². The molecule has 2 rings (SSSR count). The third kappa shape index (κ3) is 2.92. The lowest BCUT2D eigenvalue weighted by Gasteiger charge is -2.09. The van der Waals surface area contributed by atoms with Gasteiger partial charge in [0.05, 0.1) is 10.6 Å². The van der Waals surface area contributed by atoms with Gasteiger partial charge in [0, 0.05) is 11.9 Å². The molecular weight excluding hydrogens is 265 g/mol. The van der Waals surface area contributed by atoms with Gasteiger partial charge in [-0.25, -0.2) is 4.98 Å². The van der Waals surface area contributed by atoms with Crippen LogP contribution in [0.4, 0.5) is 24.7 Å². The predicted octanol–water partition coefficient (Wildman–Crippen LogP) is 4.50. The zero-order valence-electron chi connectivity index (χ0n) is 9.00. The third-order valence-corrected chi connectivity index (χ3v) is 2.54. The van der Waals surface area contributed by atoms with Crippen molar-refractivity contribution in [2.75, 3.05) is 5.32 Å². The number of benzene rings is 1. The summed E-state index contributed by atoms with van der Waals surface area (Å²) in [7, 11) is 0. The van der Waals surface area contributed by atoms with Crippen LogP contribution in [0.1, 0.15) is 5.56 Å². The molecule has 0 unspecified atom stereocenters. The van der Waals surface area contributed by atoms with Crippen molar-refractivity contribution in [3.8, 4) is 0 Å². The molecule has 0 atom stereocenters. The second-order valence-electron chi connectivity index (χ2n) is 3.53. The molecule has 1 N–H and O–H groups in total. The van der Waals surface area contributed by atoms with E-state index in [9.17, 15) is 13.2 Å². The van der Waals surface area contributed by atoms with E-state index >= 15 is 0 Å². The van der Waals surface area contributed by atoms with Crippen LogP contribution in [0.5, 0.6) is 0 Å². The highest BCUT2D eigenvalue weighted by molar-refractivity contribution is 6.33. The number of hydrogen-bond donors (Lipinski definition) is 1. The zero-order valence-corrected chi connectivity index (χ0v) is 9.76. The number of nitrogens with zero attached hydrogens (tertiary/aromatic N) is 1. The van der Waals surface area contributed by atoms with Crippen LogP contribution in [-0.2, 0) is 6.18 Å². The number of anilines is 2. The minimum absolute atomic E-state index is 0.400. The smallest absolute Gasteiger partial charge is 0.339 e. The van der Waals surface area contributed by atoms with Crippen LogP contribution in [-0.4, -0.2) is 4.98 Å². The second kappa shape index (κ2) is 4.86. The van der Waals surface area contributed by atoms with Gasteiger partial charge < -0.3 is 5.32 Å². The molecule has 0 fully saturated rings. The van der Waals surface area contributed by atoms with E-state index in [2.05, 4.69) is 10.3 Å². The average molecular weight is 273 g/mol. The van der Waals surface area contributed by atoms with Crippen molar-refractivity contribution in [2.45, 2.75) is 6.18 Å². The lowest BCUT2D eigenvalue weighted by molar-refractivity contribution is -0.137. The molecule has 1 aromatic carbocycles. The minimum Gasteiger partial charge on any atom is -0.339 e. The van der Waals surface area contributed by atoms with Crippen LogP contribution in [0.2, 0.25) is 5.02 Å². The summed E-state index contributed by atoms with van der Waals surface area (Å²) in [5.74, 6) is 0.402. The van der Waals surface area contributed by atoms with E-state index < -0.39 is 11.7 Å². The first kappa shape index (κ1) is 12.7. The SMILES string of the molecule is FC(F)(F)c1ccc(Nc2ncccc2Cl)cc1. The molecule has 2 aromatic rings. The topological polar surface area (TPSA) is 24.9 Å². The molecule has 0 saturated heterocycles. The van der Waals surface area contributed by atoms with E-state index in [0.717, 1.165) is 12.1 Å². The van der Waals surface area contributed by atoms with Crippen molar-refractivity contribution in [2.24, 2.45) is 0 Å². The molecule has 1 heterocycles. The Morgan fingerprint density at radius 3 is 2.28 bits per heavy atom. The number of aromatic nitrogens is 1.